The molecule has 3 fully saturated rings. The molecule has 0 aliphatic heterocycles. The molecule has 7 unspecified atom stereocenters. The van der Waals surface area contributed by atoms with Crippen molar-refractivity contribution in [1.29, 1.82) is 0 Å². The normalized spacial score (nSPS) is 17.9. The number of hydrogen-bond donors (Lipinski definition) is 0. The van der Waals surface area contributed by atoms with Crippen LogP contribution in [0.4, 0.5) is 0 Å². The summed E-state index contributed by atoms with van der Waals surface area (Å²) in [6.45, 7) is 45.0. The Labute approximate surface area is 643 Å². The molecule has 0 heterocycles. The van der Waals surface area contributed by atoms with Gasteiger partial charge in [0.25, 0.3) is 0 Å². The summed E-state index contributed by atoms with van der Waals surface area (Å²) in [5.74, 6) is 4.29. The molecule has 7 atom stereocenters. The van der Waals surface area contributed by atoms with Crippen LogP contribution in [0.25, 0.3) is 33.4 Å². The van der Waals surface area contributed by atoms with Crippen LogP contribution < -0.4 is 0 Å². The molecule has 8 nitrogen and oxygen atoms in total. The topological polar surface area (TPSA) is 73.8 Å². The van der Waals surface area contributed by atoms with Crippen molar-refractivity contribution >= 4 is 0 Å². The van der Waals surface area contributed by atoms with Gasteiger partial charge in [-0.05, 0) is 244 Å². The minimum atomic E-state index is 0.00366. The van der Waals surface area contributed by atoms with Gasteiger partial charge in [0.2, 0.25) is 0 Å². The molecule has 3 saturated carbocycles. The van der Waals surface area contributed by atoms with Crippen LogP contribution in [0.3, 0.4) is 0 Å². The summed E-state index contributed by atoms with van der Waals surface area (Å²) in [6, 6.07) is 51.3. The molecule has 105 heavy (non-hydrogen) atoms. The quantitative estimate of drug-likeness (QED) is 0.0743. The van der Waals surface area contributed by atoms with Gasteiger partial charge in [0.15, 0.2) is 0 Å². The Morgan fingerprint density at radius 3 is 0.771 bits per heavy atom. The van der Waals surface area contributed by atoms with E-state index in [2.05, 4.69) is 291 Å². The SMILES string of the molecule is CC(C)C(C)OC(C)(C)C.CC(C)C(C)OC1c2ccccc2-c2ccccc21.CC(C)OC(C)C(C)C.CC(C)OC1c2ccccc2-c2ccccc21.CCC(C)OC1c2ccccc2-c2ccccc21.COC(C)C1CCCC1.COC(C)C1CCCCCC1.COC(C)C1CCCCCCC1. The third-order valence-corrected chi connectivity index (χ3v) is 22.4. The Balaban J connectivity index is 0.000000219. The highest BCUT2D eigenvalue weighted by Crippen LogP contribution is 2.48. The average molecular weight is 1440 g/mol. The molecular formula is C97H150O8. The van der Waals surface area contributed by atoms with Crippen molar-refractivity contribution in [3.05, 3.63) is 179 Å². The molecule has 0 radical (unpaired) electrons. The molecular weight excluding hydrogens is 1290 g/mol. The highest BCUT2D eigenvalue weighted by molar-refractivity contribution is 5.80. The zero-order valence-electron chi connectivity index (χ0n) is 70.7. The molecule has 6 aromatic carbocycles. The Kier molecular flexibility index (Phi) is 41.3. The van der Waals surface area contributed by atoms with E-state index in [1.165, 1.54) is 176 Å². The molecule has 12 rings (SSSR count). The molecule has 0 amide bonds. The molecule has 6 aromatic rings. The van der Waals surface area contributed by atoms with E-state index in [4.69, 9.17) is 37.9 Å². The fourth-order valence-corrected chi connectivity index (χ4v) is 14.8. The van der Waals surface area contributed by atoms with Crippen LogP contribution in [-0.4, -0.2) is 81.9 Å². The van der Waals surface area contributed by atoms with Crippen molar-refractivity contribution in [1.82, 2.24) is 0 Å². The molecule has 586 valence electrons. The second-order valence-electron chi connectivity index (χ2n) is 33.3. The largest absolute Gasteiger partial charge is 0.381 e. The lowest BCUT2D eigenvalue weighted by Crippen LogP contribution is -2.28. The monoisotopic (exact) mass is 1440 g/mol. The van der Waals surface area contributed by atoms with Crippen molar-refractivity contribution in [3.8, 4) is 33.4 Å². The van der Waals surface area contributed by atoms with E-state index >= 15 is 0 Å². The summed E-state index contributed by atoms with van der Waals surface area (Å²) in [6.07, 6.45) is 28.7. The molecule has 8 heteroatoms. The zero-order chi connectivity index (χ0) is 77.2. The second-order valence-corrected chi connectivity index (χ2v) is 33.3. The minimum Gasteiger partial charge on any atom is -0.381 e. The second kappa shape index (κ2) is 47.8. The lowest BCUT2D eigenvalue weighted by Gasteiger charge is -2.27. The molecule has 0 spiro atoms. The van der Waals surface area contributed by atoms with Crippen LogP contribution in [0.15, 0.2) is 146 Å². The number of ether oxygens (including phenoxy) is 8. The van der Waals surface area contributed by atoms with Gasteiger partial charge in [-0.25, -0.2) is 0 Å². The van der Waals surface area contributed by atoms with Crippen molar-refractivity contribution in [2.75, 3.05) is 21.3 Å². The number of fused-ring (bicyclic) bond motifs is 9. The number of methoxy groups -OCH3 is 3. The fraction of sp³-hybridized carbons (Fsp3) is 0.629. The van der Waals surface area contributed by atoms with E-state index < -0.39 is 0 Å². The predicted octanol–water partition coefficient (Wildman–Crippen LogP) is 27.5. The Hall–Kier alpha value is -5.00. The Morgan fingerprint density at radius 1 is 0.305 bits per heavy atom. The maximum absolute atomic E-state index is 6.33. The van der Waals surface area contributed by atoms with Crippen molar-refractivity contribution in [2.24, 2.45) is 35.5 Å². The Morgan fingerprint density at radius 2 is 0.552 bits per heavy atom. The van der Waals surface area contributed by atoms with E-state index in [0.29, 0.717) is 54.4 Å². The summed E-state index contributed by atoms with van der Waals surface area (Å²) >= 11 is 0. The van der Waals surface area contributed by atoms with Gasteiger partial charge in [0, 0.05) is 21.3 Å². The minimum absolute atomic E-state index is 0.00366. The smallest absolute Gasteiger partial charge is 0.109 e. The lowest BCUT2D eigenvalue weighted by atomic mass is 9.88. The maximum atomic E-state index is 6.33. The number of rotatable bonds is 19. The first-order chi connectivity index (χ1) is 50.2. The summed E-state index contributed by atoms with van der Waals surface area (Å²) in [7, 11) is 5.47. The highest BCUT2D eigenvalue weighted by Gasteiger charge is 2.33. The van der Waals surface area contributed by atoms with Gasteiger partial charge in [-0.1, -0.05) is 265 Å². The molecule has 0 saturated heterocycles. The van der Waals surface area contributed by atoms with Gasteiger partial charge in [0.05, 0.1) is 60.5 Å². The van der Waals surface area contributed by atoms with E-state index in [1.54, 1.807) is 0 Å². The van der Waals surface area contributed by atoms with Gasteiger partial charge >= 0.3 is 0 Å². The van der Waals surface area contributed by atoms with Gasteiger partial charge in [-0.3, -0.25) is 0 Å². The maximum Gasteiger partial charge on any atom is 0.109 e. The van der Waals surface area contributed by atoms with Crippen molar-refractivity contribution < 1.29 is 37.9 Å². The Bertz CT molecular complexity index is 3130. The van der Waals surface area contributed by atoms with E-state index in [0.717, 1.165) is 24.2 Å². The van der Waals surface area contributed by atoms with Gasteiger partial charge < -0.3 is 37.9 Å². The number of benzene rings is 6. The number of hydrogen-bond acceptors (Lipinski definition) is 8. The van der Waals surface area contributed by atoms with Crippen LogP contribution >= 0.6 is 0 Å². The van der Waals surface area contributed by atoms with Gasteiger partial charge in [0.1, 0.15) is 18.3 Å². The van der Waals surface area contributed by atoms with Gasteiger partial charge in [-0.2, -0.15) is 0 Å². The van der Waals surface area contributed by atoms with Crippen LogP contribution in [0.2, 0.25) is 0 Å². The first kappa shape index (κ1) is 90.6. The predicted molar refractivity (Wildman–Crippen MR) is 448 cm³/mol. The average Bonchev–Trinajstić information content (AvgIpc) is 1.63. The van der Waals surface area contributed by atoms with Gasteiger partial charge in [-0.15, -0.1) is 0 Å². The van der Waals surface area contributed by atoms with E-state index in [9.17, 15) is 0 Å². The van der Waals surface area contributed by atoms with Crippen LogP contribution in [0.5, 0.6) is 0 Å². The lowest BCUT2D eigenvalue weighted by molar-refractivity contribution is -0.0698. The van der Waals surface area contributed by atoms with Crippen LogP contribution in [0.1, 0.15) is 313 Å². The standard InChI is InChI=1S/C18H20O.C17H18O.C16H16O.C11H22O.C10H20O.C9H20O.C8H16O.C8H18O/c1-12(2)13(3)19-18-16-10-6-4-8-14(16)15-9-5-7-11-17(15)18;1-3-12(2)18-17-15-10-6-4-8-13(15)14-9-5-7-11-16(14)17;1-11(2)17-16-14-9-5-3-7-12(14)13-8-4-6-10-15(13)16;1-10(12-2)11-8-6-4-3-5-7-9-11;1-9(11-2)10-7-5-3-4-6-8-10;1-7(2)8(3)10-9(4,5)6;1-7(9-2)8-5-3-4-6-8;1-6(2)8(5)9-7(3)4/h4-13,18H,1-3H3;4-12,17H,3H2,1-2H3;3-11,16H,1-2H3;10-11H,3-9H2,1-2H3;9-10H,3-8H2,1-2H3;7-8H,1-6H3;7-8H,3-6H2,1-2H3;6-8H,1-5H3. The summed E-state index contributed by atoms with van der Waals surface area (Å²) < 4.78 is 45.8. The third-order valence-electron chi connectivity index (χ3n) is 22.4. The fourth-order valence-electron chi connectivity index (χ4n) is 14.8. The first-order valence-electron chi connectivity index (χ1n) is 41.6. The summed E-state index contributed by atoms with van der Waals surface area (Å²) in [4.78, 5) is 0. The van der Waals surface area contributed by atoms with Crippen LogP contribution in [0, 0.1) is 35.5 Å². The molecule has 0 bridgehead atoms. The first-order valence-corrected chi connectivity index (χ1v) is 41.6. The molecule has 0 N–H and O–H groups in total. The highest BCUT2D eigenvalue weighted by atomic mass is 16.5. The summed E-state index contributed by atoms with van der Waals surface area (Å²) in [5.41, 5.74) is 15.7. The molecule has 6 aliphatic carbocycles. The summed E-state index contributed by atoms with van der Waals surface area (Å²) in [5, 5.41) is 0. The molecule has 0 aromatic heterocycles. The molecule has 6 aliphatic rings. The van der Waals surface area contributed by atoms with E-state index in [-0.39, 0.29) is 42.2 Å². The van der Waals surface area contributed by atoms with Crippen molar-refractivity contribution in [3.63, 3.8) is 0 Å². The third kappa shape index (κ3) is 30.1. The van der Waals surface area contributed by atoms with Crippen LogP contribution in [-0.2, 0) is 37.9 Å². The zero-order valence-corrected chi connectivity index (χ0v) is 70.7. The van der Waals surface area contributed by atoms with Crippen molar-refractivity contribution in [2.45, 2.75) is 340 Å². The van der Waals surface area contributed by atoms with E-state index in [1.807, 2.05) is 21.3 Å².